The van der Waals surface area contributed by atoms with E-state index in [1.807, 2.05) is 6.07 Å². The van der Waals surface area contributed by atoms with Gasteiger partial charge in [-0.1, -0.05) is 6.07 Å². The van der Waals surface area contributed by atoms with Crippen LogP contribution in [0.4, 0.5) is 0 Å². The van der Waals surface area contributed by atoms with Crippen molar-refractivity contribution in [1.29, 1.82) is 0 Å². The lowest BCUT2D eigenvalue weighted by Gasteiger charge is -2.47. The standard InChI is InChI=1S/C22H26N4O4/c27-18-4-3-17(19(28)25-18)26-20(29)15-2-1-13(9-16(15)21(26)30)10-23-11-22-7-5-14(6-8-22)24-12-22/h1-2,9,14,17,23-24H,3-8,10-12H2,(H,25,27,28). The molecule has 0 radical (unpaired) electrons. The van der Waals surface area contributed by atoms with Crippen molar-refractivity contribution < 1.29 is 19.2 Å². The van der Waals surface area contributed by atoms with Gasteiger partial charge in [-0.05, 0) is 55.2 Å². The molecule has 1 aliphatic carbocycles. The first-order chi connectivity index (χ1) is 14.5. The third kappa shape index (κ3) is 3.24. The van der Waals surface area contributed by atoms with Gasteiger partial charge in [0.1, 0.15) is 6.04 Å². The minimum absolute atomic E-state index is 0.121. The Hall–Kier alpha value is -2.58. The number of piperidine rings is 3. The summed E-state index contributed by atoms with van der Waals surface area (Å²) < 4.78 is 0. The second-order valence-corrected chi connectivity index (χ2v) is 9.09. The summed E-state index contributed by atoms with van der Waals surface area (Å²) >= 11 is 0. The number of hydrogen-bond acceptors (Lipinski definition) is 6. The Kier molecular flexibility index (Phi) is 4.71. The Morgan fingerprint density at radius 2 is 1.80 bits per heavy atom. The van der Waals surface area contributed by atoms with Crippen molar-refractivity contribution in [2.24, 2.45) is 5.41 Å². The third-order valence-electron chi connectivity index (χ3n) is 7.15. The molecule has 4 fully saturated rings. The molecule has 1 saturated carbocycles. The van der Waals surface area contributed by atoms with E-state index in [0.29, 0.717) is 29.1 Å². The summed E-state index contributed by atoms with van der Waals surface area (Å²) in [4.78, 5) is 50.2. The molecule has 1 atom stereocenters. The lowest BCUT2D eigenvalue weighted by molar-refractivity contribution is -0.136. The number of carbonyl (C=O) groups excluding carboxylic acids is 4. The number of amides is 4. The van der Waals surface area contributed by atoms with E-state index in [4.69, 9.17) is 0 Å². The number of hydrogen-bond donors (Lipinski definition) is 3. The van der Waals surface area contributed by atoms with Crippen molar-refractivity contribution >= 4 is 23.6 Å². The summed E-state index contributed by atoms with van der Waals surface area (Å²) in [6, 6.07) is 5.05. The van der Waals surface area contributed by atoms with Gasteiger partial charge in [-0.15, -0.1) is 0 Å². The quantitative estimate of drug-likeness (QED) is 0.617. The van der Waals surface area contributed by atoms with E-state index < -0.39 is 23.8 Å². The van der Waals surface area contributed by atoms with Crippen LogP contribution in [0.15, 0.2) is 18.2 Å². The number of carbonyl (C=O) groups is 4. The molecule has 0 spiro atoms. The maximum absolute atomic E-state index is 12.9. The van der Waals surface area contributed by atoms with Crippen molar-refractivity contribution in [3.63, 3.8) is 0 Å². The van der Waals surface area contributed by atoms with Gasteiger partial charge >= 0.3 is 0 Å². The van der Waals surface area contributed by atoms with Gasteiger partial charge < -0.3 is 10.6 Å². The minimum Gasteiger partial charge on any atom is -0.313 e. The molecule has 6 rings (SSSR count). The third-order valence-corrected chi connectivity index (χ3v) is 7.15. The maximum Gasteiger partial charge on any atom is 0.262 e. The highest BCUT2D eigenvalue weighted by molar-refractivity contribution is 6.23. The predicted octanol–water partition coefficient (Wildman–Crippen LogP) is 0.710. The van der Waals surface area contributed by atoms with Crippen LogP contribution in [0.5, 0.6) is 0 Å². The zero-order valence-corrected chi connectivity index (χ0v) is 16.8. The van der Waals surface area contributed by atoms with Gasteiger partial charge in [-0.25, -0.2) is 0 Å². The second-order valence-electron chi connectivity index (χ2n) is 9.09. The summed E-state index contributed by atoms with van der Waals surface area (Å²) in [5.41, 5.74) is 1.91. The molecule has 158 valence electrons. The molecule has 1 aromatic carbocycles. The van der Waals surface area contributed by atoms with Crippen molar-refractivity contribution in [3.8, 4) is 0 Å². The second kappa shape index (κ2) is 7.28. The molecule has 4 amide bonds. The van der Waals surface area contributed by atoms with Crippen LogP contribution in [0.1, 0.15) is 64.8 Å². The van der Waals surface area contributed by atoms with Gasteiger partial charge in [-0.3, -0.25) is 29.4 Å². The Bertz CT molecular complexity index is 921. The highest BCUT2D eigenvalue weighted by Gasteiger charge is 2.44. The van der Waals surface area contributed by atoms with Gasteiger partial charge in [0, 0.05) is 32.1 Å². The summed E-state index contributed by atoms with van der Waals surface area (Å²) in [6.45, 7) is 2.61. The van der Waals surface area contributed by atoms with Crippen LogP contribution in [0, 0.1) is 5.41 Å². The van der Waals surface area contributed by atoms with Crippen LogP contribution >= 0.6 is 0 Å². The Morgan fingerprint density at radius 3 is 2.50 bits per heavy atom. The Morgan fingerprint density at radius 1 is 1.03 bits per heavy atom. The predicted molar refractivity (Wildman–Crippen MR) is 108 cm³/mol. The zero-order chi connectivity index (χ0) is 20.9. The molecule has 3 saturated heterocycles. The minimum atomic E-state index is -0.926. The van der Waals surface area contributed by atoms with Crippen molar-refractivity contribution in [2.45, 2.75) is 57.2 Å². The van der Waals surface area contributed by atoms with E-state index in [-0.39, 0.29) is 18.7 Å². The van der Waals surface area contributed by atoms with Crippen LogP contribution in [-0.4, -0.2) is 53.7 Å². The van der Waals surface area contributed by atoms with Crippen LogP contribution in [0.2, 0.25) is 0 Å². The highest BCUT2D eigenvalue weighted by atomic mass is 16.2. The van der Waals surface area contributed by atoms with Gasteiger partial charge in [0.25, 0.3) is 11.8 Å². The molecular formula is C22H26N4O4. The van der Waals surface area contributed by atoms with E-state index in [0.717, 1.165) is 23.6 Å². The average Bonchev–Trinajstić information content (AvgIpc) is 2.99. The molecular weight excluding hydrogens is 384 g/mol. The normalized spacial score (nSPS) is 30.6. The molecule has 2 bridgehead atoms. The summed E-state index contributed by atoms with van der Waals surface area (Å²) in [6.07, 6.45) is 5.27. The van der Waals surface area contributed by atoms with Crippen LogP contribution in [-0.2, 0) is 16.1 Å². The number of fused-ring (bicyclic) bond motifs is 4. The first-order valence-corrected chi connectivity index (χ1v) is 10.7. The molecule has 4 aliphatic heterocycles. The van der Waals surface area contributed by atoms with Gasteiger partial charge in [0.2, 0.25) is 11.8 Å². The summed E-state index contributed by atoms with van der Waals surface area (Å²) in [5.74, 6) is -1.88. The van der Waals surface area contributed by atoms with Gasteiger partial charge in [0.05, 0.1) is 11.1 Å². The molecule has 4 heterocycles. The molecule has 3 N–H and O–H groups in total. The SMILES string of the molecule is O=C1CCC(N2C(=O)c3ccc(CNCC45CCC(CC4)NC5)cc3C2=O)C(=O)N1. The Balaban J connectivity index is 1.26. The van der Waals surface area contributed by atoms with Gasteiger partial charge in [-0.2, -0.15) is 0 Å². The number of imide groups is 2. The fourth-order valence-electron chi connectivity index (χ4n) is 5.31. The van der Waals surface area contributed by atoms with Crippen molar-refractivity contribution in [1.82, 2.24) is 20.9 Å². The number of nitrogens with zero attached hydrogens (tertiary/aromatic N) is 1. The molecule has 5 aliphatic rings. The fraction of sp³-hybridized carbons (Fsp3) is 0.545. The Labute approximate surface area is 174 Å². The highest BCUT2D eigenvalue weighted by Crippen LogP contribution is 2.39. The van der Waals surface area contributed by atoms with Crippen LogP contribution in [0.25, 0.3) is 0 Å². The number of rotatable bonds is 5. The first kappa shape index (κ1) is 19.4. The molecule has 8 nitrogen and oxygen atoms in total. The first-order valence-electron chi connectivity index (χ1n) is 10.7. The number of benzene rings is 1. The lowest BCUT2D eigenvalue weighted by atomic mass is 9.68. The van der Waals surface area contributed by atoms with E-state index in [2.05, 4.69) is 16.0 Å². The van der Waals surface area contributed by atoms with E-state index >= 15 is 0 Å². The van der Waals surface area contributed by atoms with Crippen LogP contribution < -0.4 is 16.0 Å². The fourth-order valence-corrected chi connectivity index (χ4v) is 5.31. The lowest BCUT2D eigenvalue weighted by Crippen LogP contribution is -2.55. The molecule has 1 unspecified atom stereocenters. The molecule has 0 aromatic heterocycles. The van der Waals surface area contributed by atoms with E-state index in [1.165, 1.54) is 25.7 Å². The molecule has 30 heavy (non-hydrogen) atoms. The molecule has 8 heteroatoms. The monoisotopic (exact) mass is 410 g/mol. The van der Waals surface area contributed by atoms with Crippen LogP contribution in [0.3, 0.4) is 0 Å². The smallest absolute Gasteiger partial charge is 0.262 e. The maximum atomic E-state index is 12.9. The van der Waals surface area contributed by atoms with Gasteiger partial charge in [0.15, 0.2) is 0 Å². The van der Waals surface area contributed by atoms with Crippen molar-refractivity contribution in [2.75, 3.05) is 13.1 Å². The van der Waals surface area contributed by atoms with Crippen molar-refractivity contribution in [3.05, 3.63) is 34.9 Å². The average molecular weight is 410 g/mol. The topological polar surface area (TPSA) is 108 Å². The largest absolute Gasteiger partial charge is 0.313 e. The number of nitrogens with one attached hydrogen (secondary N) is 3. The summed E-state index contributed by atoms with van der Waals surface area (Å²) in [5, 5.41) is 9.37. The summed E-state index contributed by atoms with van der Waals surface area (Å²) in [7, 11) is 0. The zero-order valence-electron chi connectivity index (χ0n) is 16.8. The molecule has 1 aromatic rings. The van der Waals surface area contributed by atoms with E-state index in [1.54, 1.807) is 12.1 Å². The van der Waals surface area contributed by atoms with E-state index in [9.17, 15) is 19.2 Å².